The number of nitrogens with one attached hydrogen (secondary N) is 1. The predicted molar refractivity (Wildman–Crippen MR) is 81.7 cm³/mol. The summed E-state index contributed by atoms with van der Waals surface area (Å²) in [5.41, 5.74) is 1.77. The van der Waals surface area contributed by atoms with Crippen molar-refractivity contribution in [2.75, 3.05) is 12.8 Å². The van der Waals surface area contributed by atoms with E-state index in [1.54, 1.807) is 12.1 Å². The van der Waals surface area contributed by atoms with E-state index in [1.807, 2.05) is 30.9 Å². The molecule has 0 saturated heterocycles. The smallest absolute Gasteiger partial charge is 0.335 e. The van der Waals surface area contributed by atoms with Crippen molar-refractivity contribution in [2.24, 2.45) is 5.41 Å². The monoisotopic (exact) mass is 281 g/mol. The van der Waals surface area contributed by atoms with Crippen LogP contribution in [0.3, 0.4) is 0 Å². The molecule has 0 saturated carbocycles. The third-order valence-corrected chi connectivity index (χ3v) is 5.11. The Morgan fingerprint density at radius 3 is 2.37 bits per heavy atom. The summed E-state index contributed by atoms with van der Waals surface area (Å²) in [6.07, 6.45) is 1.15. The van der Waals surface area contributed by atoms with Gasteiger partial charge in [0.25, 0.3) is 0 Å². The maximum Gasteiger partial charge on any atom is 0.335 e. The molecule has 0 aromatic heterocycles. The average molecular weight is 281 g/mol. The van der Waals surface area contributed by atoms with Crippen LogP contribution in [0.15, 0.2) is 24.3 Å². The molecule has 0 heterocycles. The van der Waals surface area contributed by atoms with Gasteiger partial charge in [-0.3, -0.25) is 0 Å². The van der Waals surface area contributed by atoms with Crippen molar-refractivity contribution in [3.63, 3.8) is 0 Å². The zero-order valence-electron chi connectivity index (χ0n) is 12.1. The maximum absolute atomic E-state index is 10.8. The number of carboxylic acid groups (broad SMARTS) is 1. The molecule has 3 nitrogen and oxygen atoms in total. The third-order valence-electron chi connectivity index (χ3n) is 3.32. The van der Waals surface area contributed by atoms with Gasteiger partial charge in [0.15, 0.2) is 0 Å². The van der Waals surface area contributed by atoms with Gasteiger partial charge in [-0.05, 0) is 30.2 Å². The van der Waals surface area contributed by atoms with Crippen LogP contribution in [-0.2, 0) is 0 Å². The Balaban J connectivity index is 2.72. The van der Waals surface area contributed by atoms with E-state index in [9.17, 15) is 4.79 Å². The topological polar surface area (TPSA) is 49.3 Å². The predicted octanol–water partition coefficient (Wildman–Crippen LogP) is 3.77. The minimum Gasteiger partial charge on any atom is -0.478 e. The van der Waals surface area contributed by atoms with Gasteiger partial charge in [0.1, 0.15) is 0 Å². The first kappa shape index (κ1) is 16.1. The van der Waals surface area contributed by atoms with Crippen molar-refractivity contribution < 1.29 is 9.90 Å². The van der Waals surface area contributed by atoms with Gasteiger partial charge < -0.3 is 10.4 Å². The Bertz CT molecular complexity index is 415. The molecule has 0 aliphatic rings. The van der Waals surface area contributed by atoms with Gasteiger partial charge in [-0.1, -0.05) is 39.3 Å². The van der Waals surface area contributed by atoms with Crippen molar-refractivity contribution in [1.82, 2.24) is 5.32 Å². The average Bonchev–Trinajstić information content (AvgIpc) is 2.40. The SMILES string of the molecule is CCC(C)(C)CSC(NC)c1ccc(C(=O)O)cc1. The molecular weight excluding hydrogens is 258 g/mol. The van der Waals surface area contributed by atoms with Crippen LogP contribution in [0.1, 0.15) is 48.5 Å². The van der Waals surface area contributed by atoms with Crippen molar-refractivity contribution >= 4 is 17.7 Å². The molecule has 1 unspecified atom stereocenters. The lowest BCUT2D eigenvalue weighted by atomic mass is 9.93. The molecule has 1 aromatic rings. The number of thioether (sulfide) groups is 1. The van der Waals surface area contributed by atoms with Crippen molar-refractivity contribution in [2.45, 2.75) is 32.6 Å². The van der Waals surface area contributed by atoms with Gasteiger partial charge in [0.2, 0.25) is 0 Å². The highest BCUT2D eigenvalue weighted by atomic mass is 32.2. The highest BCUT2D eigenvalue weighted by Gasteiger charge is 2.19. The Kier molecular flexibility index (Phi) is 5.88. The molecular formula is C15H23NO2S. The summed E-state index contributed by atoms with van der Waals surface area (Å²) in [4.78, 5) is 10.8. The van der Waals surface area contributed by atoms with E-state index in [0.717, 1.165) is 17.7 Å². The number of aromatic carboxylic acids is 1. The molecule has 106 valence electrons. The normalized spacial score (nSPS) is 13.3. The first-order valence-electron chi connectivity index (χ1n) is 6.52. The van der Waals surface area contributed by atoms with Gasteiger partial charge in [0.05, 0.1) is 10.9 Å². The van der Waals surface area contributed by atoms with Crippen LogP contribution in [0.4, 0.5) is 0 Å². The second kappa shape index (κ2) is 6.96. The van der Waals surface area contributed by atoms with Gasteiger partial charge in [0, 0.05) is 5.75 Å². The molecule has 0 aliphatic heterocycles. The van der Waals surface area contributed by atoms with Crippen LogP contribution in [0, 0.1) is 5.41 Å². The van der Waals surface area contributed by atoms with E-state index >= 15 is 0 Å². The minimum atomic E-state index is -0.882. The van der Waals surface area contributed by atoms with Crippen LogP contribution in [-0.4, -0.2) is 23.9 Å². The zero-order chi connectivity index (χ0) is 14.5. The first-order chi connectivity index (χ1) is 8.89. The van der Waals surface area contributed by atoms with Crippen LogP contribution < -0.4 is 5.32 Å². The van der Waals surface area contributed by atoms with E-state index < -0.39 is 5.97 Å². The molecule has 1 aromatic carbocycles. The summed E-state index contributed by atoms with van der Waals surface area (Å²) >= 11 is 1.86. The molecule has 0 fully saturated rings. The molecule has 4 heteroatoms. The highest BCUT2D eigenvalue weighted by Crippen LogP contribution is 2.33. The molecule has 0 spiro atoms. The molecule has 0 aliphatic carbocycles. The van der Waals surface area contributed by atoms with Crippen molar-refractivity contribution in [1.29, 1.82) is 0 Å². The molecule has 0 radical (unpaired) electrons. The Hall–Kier alpha value is -1.00. The van der Waals surface area contributed by atoms with Crippen molar-refractivity contribution in [3.8, 4) is 0 Å². The number of hydrogen-bond donors (Lipinski definition) is 2. The summed E-state index contributed by atoms with van der Waals surface area (Å²) in [5, 5.41) is 12.4. The molecule has 2 N–H and O–H groups in total. The summed E-state index contributed by atoms with van der Waals surface area (Å²) in [6.45, 7) is 6.73. The highest BCUT2D eigenvalue weighted by molar-refractivity contribution is 7.99. The van der Waals surface area contributed by atoms with Crippen molar-refractivity contribution in [3.05, 3.63) is 35.4 Å². The molecule has 0 amide bonds. The number of carbonyl (C=O) groups is 1. The van der Waals surface area contributed by atoms with E-state index in [2.05, 4.69) is 26.1 Å². The maximum atomic E-state index is 10.8. The number of carboxylic acids is 1. The van der Waals surface area contributed by atoms with Gasteiger partial charge in [-0.15, -0.1) is 11.8 Å². The van der Waals surface area contributed by atoms with E-state index in [1.165, 1.54) is 0 Å². The molecule has 0 bridgehead atoms. The molecule has 1 rings (SSSR count). The number of benzene rings is 1. The number of rotatable bonds is 7. The van der Waals surface area contributed by atoms with Gasteiger partial charge in [-0.2, -0.15) is 0 Å². The van der Waals surface area contributed by atoms with Gasteiger partial charge in [-0.25, -0.2) is 4.79 Å². The van der Waals surface area contributed by atoms with E-state index in [0.29, 0.717) is 11.0 Å². The Morgan fingerprint density at radius 2 is 1.95 bits per heavy atom. The lowest BCUT2D eigenvalue weighted by molar-refractivity contribution is 0.0697. The fourth-order valence-corrected chi connectivity index (χ4v) is 2.90. The summed E-state index contributed by atoms with van der Waals surface area (Å²) in [7, 11) is 1.93. The molecule has 1 atom stereocenters. The van der Waals surface area contributed by atoms with Crippen LogP contribution in [0.5, 0.6) is 0 Å². The van der Waals surface area contributed by atoms with E-state index in [4.69, 9.17) is 5.11 Å². The lowest BCUT2D eigenvalue weighted by Gasteiger charge is -2.25. The molecule has 19 heavy (non-hydrogen) atoms. The minimum absolute atomic E-state index is 0.202. The van der Waals surface area contributed by atoms with Crippen LogP contribution >= 0.6 is 11.8 Å². The quantitative estimate of drug-likeness (QED) is 0.747. The second-order valence-electron chi connectivity index (χ2n) is 5.42. The first-order valence-corrected chi connectivity index (χ1v) is 7.56. The fourth-order valence-electron chi connectivity index (χ4n) is 1.56. The summed E-state index contributed by atoms with van der Waals surface area (Å²) in [6, 6.07) is 7.09. The zero-order valence-corrected chi connectivity index (χ0v) is 12.9. The van der Waals surface area contributed by atoms with Crippen LogP contribution in [0.25, 0.3) is 0 Å². The Morgan fingerprint density at radius 1 is 1.37 bits per heavy atom. The van der Waals surface area contributed by atoms with Gasteiger partial charge >= 0.3 is 5.97 Å². The fraction of sp³-hybridized carbons (Fsp3) is 0.533. The van der Waals surface area contributed by atoms with Crippen LogP contribution in [0.2, 0.25) is 0 Å². The van der Waals surface area contributed by atoms with E-state index in [-0.39, 0.29) is 5.37 Å². The summed E-state index contributed by atoms with van der Waals surface area (Å²) < 4.78 is 0. The second-order valence-corrected chi connectivity index (χ2v) is 6.52. The third kappa shape index (κ3) is 4.88. The lowest BCUT2D eigenvalue weighted by Crippen LogP contribution is -2.19. The largest absolute Gasteiger partial charge is 0.478 e. The number of hydrogen-bond acceptors (Lipinski definition) is 3. The standard InChI is InChI=1S/C15H23NO2S/c1-5-15(2,3)10-19-13(16-4)11-6-8-12(9-7-11)14(17)18/h6-9,13,16H,5,10H2,1-4H3,(H,17,18). The summed E-state index contributed by atoms with van der Waals surface area (Å²) in [5.74, 6) is 0.183. The Labute approximate surface area is 119 Å².